The summed E-state index contributed by atoms with van der Waals surface area (Å²) in [6, 6.07) is 19.0. The molecule has 128 valence electrons. The molecule has 0 radical (unpaired) electrons. The largest absolute Gasteiger partial charge is 0.306 e. The van der Waals surface area contributed by atoms with Crippen molar-refractivity contribution in [3.63, 3.8) is 0 Å². The van der Waals surface area contributed by atoms with Gasteiger partial charge in [0.1, 0.15) is 11.7 Å². The lowest BCUT2D eigenvalue weighted by Crippen LogP contribution is -2.51. The van der Waals surface area contributed by atoms with Crippen molar-refractivity contribution in [1.29, 1.82) is 0 Å². The van der Waals surface area contributed by atoms with Gasteiger partial charge in [-0.2, -0.15) is 0 Å². The van der Waals surface area contributed by atoms with Gasteiger partial charge in [-0.15, -0.1) is 0 Å². The molecule has 0 unspecified atom stereocenters. The number of amides is 2. The van der Waals surface area contributed by atoms with E-state index in [1.807, 2.05) is 67.6 Å². The Morgan fingerprint density at radius 1 is 1.04 bits per heavy atom. The number of carbonyl (C=O) groups is 2. The Kier molecular flexibility index (Phi) is 3.71. The van der Waals surface area contributed by atoms with Gasteiger partial charge in [-0.05, 0) is 31.0 Å². The molecule has 5 heteroatoms. The van der Waals surface area contributed by atoms with Crippen LogP contribution < -0.4 is 5.43 Å². The van der Waals surface area contributed by atoms with E-state index in [1.165, 1.54) is 0 Å². The van der Waals surface area contributed by atoms with Crippen LogP contribution in [0.3, 0.4) is 0 Å². The van der Waals surface area contributed by atoms with E-state index in [2.05, 4.69) is 5.43 Å². The van der Waals surface area contributed by atoms with Crippen LogP contribution in [0.5, 0.6) is 0 Å². The molecule has 2 aliphatic rings. The molecule has 0 spiro atoms. The highest BCUT2D eigenvalue weighted by Crippen LogP contribution is 2.42. The van der Waals surface area contributed by atoms with E-state index in [-0.39, 0.29) is 11.8 Å². The average molecular weight is 335 g/mol. The van der Waals surface area contributed by atoms with Crippen molar-refractivity contribution in [3.05, 3.63) is 66.2 Å². The maximum Gasteiger partial charge on any atom is 0.266 e. The lowest BCUT2D eigenvalue weighted by atomic mass is 10.0. The number of nitrogens with zero attached hydrogens (tertiary/aromatic N) is 2. The van der Waals surface area contributed by atoms with Gasteiger partial charge in [-0.3, -0.25) is 15.0 Å². The van der Waals surface area contributed by atoms with Crippen LogP contribution in [0.2, 0.25) is 0 Å². The van der Waals surface area contributed by atoms with Crippen molar-refractivity contribution in [2.24, 2.45) is 0 Å². The Balaban J connectivity index is 1.66. The molecule has 2 aliphatic heterocycles. The van der Waals surface area contributed by atoms with Crippen LogP contribution in [0.4, 0.5) is 5.69 Å². The smallest absolute Gasteiger partial charge is 0.266 e. The number of carbonyl (C=O) groups excluding carboxylic acids is 2. The van der Waals surface area contributed by atoms with Crippen molar-refractivity contribution in [3.8, 4) is 0 Å². The molecule has 0 bridgehead atoms. The van der Waals surface area contributed by atoms with Crippen LogP contribution in [-0.2, 0) is 16.0 Å². The minimum atomic E-state index is -0.622. The highest BCUT2D eigenvalue weighted by Gasteiger charge is 2.59. The molecular formula is C20H21N3O2. The average Bonchev–Trinajstić information content (AvgIpc) is 3.04. The van der Waals surface area contributed by atoms with E-state index in [9.17, 15) is 9.59 Å². The van der Waals surface area contributed by atoms with E-state index in [1.54, 1.807) is 9.91 Å². The first-order valence-electron chi connectivity index (χ1n) is 8.61. The second-order valence-corrected chi connectivity index (χ2v) is 6.84. The summed E-state index contributed by atoms with van der Waals surface area (Å²) in [4.78, 5) is 27.4. The molecule has 2 atom stereocenters. The van der Waals surface area contributed by atoms with Crippen LogP contribution >= 0.6 is 0 Å². The van der Waals surface area contributed by atoms with Crippen molar-refractivity contribution < 1.29 is 9.59 Å². The summed E-state index contributed by atoms with van der Waals surface area (Å²) < 4.78 is 0. The van der Waals surface area contributed by atoms with Crippen LogP contribution in [0.15, 0.2) is 60.7 Å². The van der Waals surface area contributed by atoms with E-state index < -0.39 is 11.7 Å². The summed E-state index contributed by atoms with van der Waals surface area (Å²) in [6.45, 7) is 1.97. The zero-order chi connectivity index (χ0) is 17.4. The van der Waals surface area contributed by atoms with Gasteiger partial charge in [-0.1, -0.05) is 48.5 Å². The van der Waals surface area contributed by atoms with Crippen LogP contribution in [-0.4, -0.2) is 33.4 Å². The molecule has 0 saturated carbocycles. The highest BCUT2D eigenvalue weighted by molar-refractivity contribution is 5.95. The van der Waals surface area contributed by atoms with Gasteiger partial charge in [-0.25, -0.2) is 5.01 Å². The third-order valence-electron chi connectivity index (χ3n) is 5.19. The zero-order valence-corrected chi connectivity index (χ0v) is 14.2. The third-order valence-corrected chi connectivity index (χ3v) is 5.19. The molecule has 1 N–H and O–H groups in total. The number of rotatable bonds is 4. The summed E-state index contributed by atoms with van der Waals surface area (Å²) in [5.41, 5.74) is 4.51. The number of hydrogen-bond acceptors (Lipinski definition) is 3. The Morgan fingerprint density at radius 2 is 1.68 bits per heavy atom. The van der Waals surface area contributed by atoms with Gasteiger partial charge in [0.15, 0.2) is 0 Å². The van der Waals surface area contributed by atoms with Gasteiger partial charge >= 0.3 is 0 Å². The maximum atomic E-state index is 13.1. The third kappa shape index (κ3) is 2.56. The Morgan fingerprint density at radius 3 is 2.36 bits per heavy atom. The molecule has 2 aromatic carbocycles. The number of hydrazine groups is 1. The molecular weight excluding hydrogens is 314 g/mol. The Hall–Kier alpha value is -2.82. The topological polar surface area (TPSA) is 52.7 Å². The van der Waals surface area contributed by atoms with Gasteiger partial charge in [0.2, 0.25) is 5.91 Å². The van der Waals surface area contributed by atoms with Crippen molar-refractivity contribution >= 4 is 17.5 Å². The van der Waals surface area contributed by atoms with Gasteiger partial charge in [0.25, 0.3) is 5.91 Å². The lowest BCUT2D eigenvalue weighted by molar-refractivity contribution is -0.134. The van der Waals surface area contributed by atoms with Crippen LogP contribution in [0.1, 0.15) is 25.3 Å². The molecule has 0 aliphatic carbocycles. The first kappa shape index (κ1) is 15.7. The number of hydrogen-bond donors (Lipinski definition) is 1. The fourth-order valence-electron chi connectivity index (χ4n) is 3.91. The normalized spacial score (nSPS) is 25.4. The van der Waals surface area contributed by atoms with Crippen LogP contribution in [0, 0.1) is 0 Å². The number of anilines is 1. The van der Waals surface area contributed by atoms with Gasteiger partial charge in [0.05, 0.1) is 5.69 Å². The summed E-state index contributed by atoms with van der Waals surface area (Å²) in [6.07, 6.45) is 1.65. The van der Waals surface area contributed by atoms with Crippen molar-refractivity contribution in [1.82, 2.24) is 9.91 Å². The molecule has 5 nitrogen and oxygen atoms in total. The fraction of sp³-hybridized carbons (Fsp3) is 0.300. The van der Waals surface area contributed by atoms with Crippen molar-refractivity contribution in [2.75, 3.05) is 5.43 Å². The second kappa shape index (κ2) is 5.92. The quantitative estimate of drug-likeness (QED) is 0.935. The van der Waals surface area contributed by atoms with E-state index in [0.29, 0.717) is 19.3 Å². The summed E-state index contributed by atoms with van der Waals surface area (Å²) in [5, 5.41) is 1.65. The van der Waals surface area contributed by atoms with E-state index in [0.717, 1.165) is 11.3 Å². The molecule has 25 heavy (non-hydrogen) atoms. The summed E-state index contributed by atoms with van der Waals surface area (Å²) >= 11 is 0. The molecule has 0 aromatic heterocycles. The molecule has 4 rings (SSSR count). The first-order valence-corrected chi connectivity index (χ1v) is 8.61. The van der Waals surface area contributed by atoms with Gasteiger partial charge in [0, 0.05) is 12.8 Å². The molecule has 2 amide bonds. The standard InChI is InChI=1S/C20H21N3O2/c1-20-13-12-18(24)22(20)17(14-15-8-4-2-5-9-15)19(25)23(20)21-16-10-6-3-7-11-16/h2-11,17,21H,12-14H2,1H3/t17-,20+/m0/s1. The number of fused-ring (bicyclic) bond motifs is 1. The predicted octanol–water partition coefficient (Wildman–Crippen LogP) is 2.81. The SMILES string of the molecule is C[C@@]12CCC(=O)N1[C@@H](Cc1ccccc1)C(=O)N2Nc1ccccc1. The predicted molar refractivity (Wildman–Crippen MR) is 95.3 cm³/mol. The Bertz CT molecular complexity index is 793. The van der Waals surface area contributed by atoms with E-state index >= 15 is 0 Å². The second-order valence-electron chi connectivity index (χ2n) is 6.84. The van der Waals surface area contributed by atoms with E-state index in [4.69, 9.17) is 0 Å². The minimum Gasteiger partial charge on any atom is -0.306 e. The lowest BCUT2D eigenvalue weighted by Gasteiger charge is -2.36. The first-order chi connectivity index (χ1) is 12.1. The molecule has 2 fully saturated rings. The van der Waals surface area contributed by atoms with Crippen LogP contribution in [0.25, 0.3) is 0 Å². The van der Waals surface area contributed by atoms with Crippen molar-refractivity contribution in [2.45, 2.75) is 37.9 Å². The number of nitrogens with one attached hydrogen (secondary N) is 1. The molecule has 2 saturated heterocycles. The fourth-order valence-corrected chi connectivity index (χ4v) is 3.91. The summed E-state index contributed by atoms with van der Waals surface area (Å²) in [5.74, 6) is -0.00241. The number of benzene rings is 2. The summed E-state index contributed by atoms with van der Waals surface area (Å²) in [7, 11) is 0. The molecule has 2 heterocycles. The monoisotopic (exact) mass is 335 g/mol. The molecule has 2 aromatic rings. The van der Waals surface area contributed by atoms with Gasteiger partial charge < -0.3 is 4.90 Å². The Labute approximate surface area is 147 Å². The highest BCUT2D eigenvalue weighted by atomic mass is 16.2. The maximum absolute atomic E-state index is 13.1. The zero-order valence-electron chi connectivity index (χ0n) is 14.2. The minimum absolute atomic E-state index is 0.0501. The number of para-hydroxylation sites is 1.